The minimum Gasteiger partial charge on any atom is -0.352 e. The van der Waals surface area contributed by atoms with Crippen molar-refractivity contribution in [3.63, 3.8) is 0 Å². The molecule has 94 valence electrons. The van der Waals surface area contributed by atoms with Crippen molar-refractivity contribution in [1.29, 1.82) is 0 Å². The molecule has 0 aliphatic carbocycles. The number of nitrogens with zero attached hydrogens (tertiary/aromatic N) is 2. The van der Waals surface area contributed by atoms with Gasteiger partial charge in [0.15, 0.2) is 0 Å². The van der Waals surface area contributed by atoms with Crippen LogP contribution in [0.4, 0.5) is 5.95 Å². The predicted octanol–water partition coefficient (Wildman–Crippen LogP) is 3.74. The van der Waals surface area contributed by atoms with Crippen molar-refractivity contribution in [1.82, 2.24) is 9.55 Å². The number of aromatic nitrogens is 2. The monoisotopic (exact) mass is 261 g/mol. The van der Waals surface area contributed by atoms with Gasteiger partial charge < -0.3 is 9.88 Å². The Morgan fingerprint density at radius 3 is 3.11 bits per heavy atom. The fourth-order valence-corrected chi connectivity index (χ4v) is 2.05. The summed E-state index contributed by atoms with van der Waals surface area (Å²) in [6.45, 7) is 6.50. The molecule has 1 heterocycles. The third-order valence-electron chi connectivity index (χ3n) is 2.82. The lowest BCUT2D eigenvalue weighted by Crippen LogP contribution is -2.11. The maximum Gasteiger partial charge on any atom is 0.203 e. The molecule has 0 aliphatic heterocycles. The first-order valence-corrected chi connectivity index (χ1v) is 6.23. The first-order valence-electron chi connectivity index (χ1n) is 5.85. The zero-order chi connectivity index (χ0) is 13.0. The minimum absolute atomic E-state index is 0.179. The molecule has 0 radical (unpaired) electrons. The van der Waals surface area contributed by atoms with Gasteiger partial charge in [-0.2, -0.15) is 0 Å². The van der Waals surface area contributed by atoms with E-state index in [1.54, 1.807) is 6.20 Å². The van der Waals surface area contributed by atoms with E-state index >= 15 is 0 Å². The van der Waals surface area contributed by atoms with Crippen LogP contribution < -0.4 is 5.32 Å². The van der Waals surface area contributed by atoms with E-state index in [-0.39, 0.29) is 6.04 Å². The number of imidazole rings is 1. The maximum absolute atomic E-state index is 6.02. The Labute approximate surface area is 112 Å². The standard InChI is InChI=1S/C14H16ClN3/c1-3-7-16-14-17-8-9-18(14)11(2)12-5-4-6-13(15)10-12/h3-6,8-11H,1,7H2,2H3,(H,16,17). The van der Waals surface area contributed by atoms with Gasteiger partial charge >= 0.3 is 0 Å². The Morgan fingerprint density at radius 1 is 1.56 bits per heavy atom. The number of halogens is 1. The highest BCUT2D eigenvalue weighted by atomic mass is 35.5. The topological polar surface area (TPSA) is 29.9 Å². The molecule has 2 rings (SSSR count). The van der Waals surface area contributed by atoms with Crippen LogP contribution in [0.15, 0.2) is 49.3 Å². The highest BCUT2D eigenvalue weighted by molar-refractivity contribution is 6.30. The largest absolute Gasteiger partial charge is 0.352 e. The SMILES string of the molecule is C=CCNc1nccn1C(C)c1cccc(Cl)c1. The van der Waals surface area contributed by atoms with E-state index in [2.05, 4.69) is 34.4 Å². The van der Waals surface area contributed by atoms with Crippen LogP contribution in [0.2, 0.25) is 5.02 Å². The second-order valence-corrected chi connectivity index (χ2v) is 4.50. The van der Waals surface area contributed by atoms with Gasteiger partial charge in [-0.25, -0.2) is 4.98 Å². The zero-order valence-electron chi connectivity index (χ0n) is 10.3. The number of anilines is 1. The van der Waals surface area contributed by atoms with Gasteiger partial charge in [0.1, 0.15) is 0 Å². The molecule has 0 saturated carbocycles. The molecule has 1 aromatic heterocycles. The molecule has 2 aromatic rings. The van der Waals surface area contributed by atoms with Gasteiger partial charge in [-0.05, 0) is 24.6 Å². The summed E-state index contributed by atoms with van der Waals surface area (Å²) in [6.07, 6.45) is 5.55. The van der Waals surface area contributed by atoms with E-state index in [4.69, 9.17) is 11.6 Å². The molecule has 0 aliphatic rings. The van der Waals surface area contributed by atoms with Crippen molar-refractivity contribution in [2.45, 2.75) is 13.0 Å². The van der Waals surface area contributed by atoms with Crippen molar-refractivity contribution in [2.75, 3.05) is 11.9 Å². The lowest BCUT2D eigenvalue weighted by atomic mass is 10.1. The molecule has 1 N–H and O–H groups in total. The van der Waals surface area contributed by atoms with Crippen LogP contribution in [0.25, 0.3) is 0 Å². The average molecular weight is 262 g/mol. The van der Waals surface area contributed by atoms with Crippen molar-refractivity contribution in [3.05, 3.63) is 59.9 Å². The van der Waals surface area contributed by atoms with Crippen molar-refractivity contribution in [2.24, 2.45) is 0 Å². The van der Waals surface area contributed by atoms with E-state index in [9.17, 15) is 0 Å². The van der Waals surface area contributed by atoms with Crippen molar-refractivity contribution in [3.8, 4) is 0 Å². The summed E-state index contributed by atoms with van der Waals surface area (Å²) in [6, 6.07) is 8.06. The van der Waals surface area contributed by atoms with E-state index in [0.29, 0.717) is 6.54 Å². The third-order valence-corrected chi connectivity index (χ3v) is 3.06. The molecule has 0 amide bonds. The summed E-state index contributed by atoms with van der Waals surface area (Å²) in [7, 11) is 0. The Bertz CT molecular complexity index is 533. The van der Waals surface area contributed by atoms with E-state index in [1.165, 1.54) is 0 Å². The molecule has 0 saturated heterocycles. The van der Waals surface area contributed by atoms with Crippen LogP contribution >= 0.6 is 11.6 Å². The minimum atomic E-state index is 0.179. The van der Waals surface area contributed by atoms with Gasteiger partial charge in [0, 0.05) is 24.0 Å². The maximum atomic E-state index is 6.02. The second-order valence-electron chi connectivity index (χ2n) is 4.06. The van der Waals surface area contributed by atoms with Gasteiger partial charge in [-0.1, -0.05) is 29.8 Å². The fourth-order valence-electron chi connectivity index (χ4n) is 1.85. The normalized spacial score (nSPS) is 12.1. The molecular weight excluding hydrogens is 246 g/mol. The molecule has 1 aromatic carbocycles. The average Bonchev–Trinajstić information content (AvgIpc) is 2.83. The molecule has 0 fully saturated rings. The third kappa shape index (κ3) is 2.74. The number of hydrogen-bond acceptors (Lipinski definition) is 2. The molecular formula is C14H16ClN3. The van der Waals surface area contributed by atoms with Crippen molar-refractivity contribution >= 4 is 17.5 Å². The Hall–Kier alpha value is -1.74. The summed E-state index contributed by atoms with van der Waals surface area (Å²) in [5.41, 5.74) is 1.15. The molecule has 18 heavy (non-hydrogen) atoms. The van der Waals surface area contributed by atoms with Crippen LogP contribution in [-0.2, 0) is 0 Å². The van der Waals surface area contributed by atoms with Crippen LogP contribution in [0.1, 0.15) is 18.5 Å². The van der Waals surface area contributed by atoms with E-state index in [1.807, 2.05) is 30.5 Å². The summed E-state index contributed by atoms with van der Waals surface area (Å²) < 4.78 is 2.08. The fraction of sp³-hybridized carbons (Fsp3) is 0.214. The molecule has 1 unspecified atom stereocenters. The van der Waals surface area contributed by atoms with E-state index in [0.717, 1.165) is 16.5 Å². The Balaban J connectivity index is 2.25. The molecule has 4 heteroatoms. The Kier molecular flexibility index (Phi) is 4.05. The summed E-state index contributed by atoms with van der Waals surface area (Å²) in [5.74, 6) is 0.836. The number of benzene rings is 1. The summed E-state index contributed by atoms with van der Waals surface area (Å²) in [4.78, 5) is 4.29. The number of rotatable bonds is 5. The van der Waals surface area contributed by atoms with Gasteiger partial charge in [-0.3, -0.25) is 0 Å². The number of hydrogen-bond donors (Lipinski definition) is 1. The predicted molar refractivity (Wildman–Crippen MR) is 76.2 cm³/mol. The highest BCUT2D eigenvalue weighted by Gasteiger charge is 2.11. The van der Waals surface area contributed by atoms with Crippen molar-refractivity contribution < 1.29 is 0 Å². The van der Waals surface area contributed by atoms with Crippen LogP contribution in [0, 0.1) is 0 Å². The lowest BCUT2D eigenvalue weighted by Gasteiger charge is -2.17. The molecule has 1 atom stereocenters. The number of nitrogens with one attached hydrogen (secondary N) is 1. The van der Waals surface area contributed by atoms with E-state index < -0.39 is 0 Å². The highest BCUT2D eigenvalue weighted by Crippen LogP contribution is 2.23. The molecule has 0 spiro atoms. The second kappa shape index (κ2) is 5.74. The van der Waals surface area contributed by atoms with Gasteiger partial charge in [0.25, 0.3) is 0 Å². The van der Waals surface area contributed by atoms with Gasteiger partial charge in [-0.15, -0.1) is 6.58 Å². The first kappa shape index (κ1) is 12.7. The summed E-state index contributed by atoms with van der Waals surface area (Å²) in [5, 5.41) is 3.96. The summed E-state index contributed by atoms with van der Waals surface area (Å²) >= 11 is 6.02. The molecule has 3 nitrogen and oxygen atoms in total. The molecule has 0 bridgehead atoms. The quantitative estimate of drug-likeness (QED) is 0.831. The first-order chi connectivity index (χ1) is 8.72. The zero-order valence-corrected chi connectivity index (χ0v) is 11.1. The van der Waals surface area contributed by atoms with Gasteiger partial charge in [0.2, 0.25) is 5.95 Å². The smallest absolute Gasteiger partial charge is 0.203 e. The Morgan fingerprint density at radius 2 is 2.39 bits per heavy atom. The van der Waals surface area contributed by atoms with Gasteiger partial charge in [0.05, 0.1) is 6.04 Å². The van der Waals surface area contributed by atoms with Crippen LogP contribution in [-0.4, -0.2) is 16.1 Å². The van der Waals surface area contributed by atoms with Crippen LogP contribution in [0.5, 0.6) is 0 Å². The van der Waals surface area contributed by atoms with Crippen LogP contribution in [0.3, 0.4) is 0 Å². The lowest BCUT2D eigenvalue weighted by molar-refractivity contribution is 0.645.